The van der Waals surface area contributed by atoms with E-state index in [4.69, 9.17) is 0 Å². The molecule has 0 radical (unpaired) electrons. The molecule has 1 aromatic rings. The van der Waals surface area contributed by atoms with Crippen molar-refractivity contribution in [3.05, 3.63) is 46.5 Å². The second-order valence-corrected chi connectivity index (χ2v) is 4.38. The van der Waals surface area contributed by atoms with Gasteiger partial charge in [-0.2, -0.15) is 0 Å². The van der Waals surface area contributed by atoms with E-state index < -0.39 is 11.6 Å². The van der Waals surface area contributed by atoms with Gasteiger partial charge in [-0.25, -0.2) is 8.78 Å². The molecule has 0 aliphatic heterocycles. The Hall–Kier alpha value is -0.740. The lowest BCUT2D eigenvalue weighted by Gasteiger charge is -2.14. The van der Waals surface area contributed by atoms with Crippen molar-refractivity contribution < 1.29 is 8.78 Å². The normalized spacial score (nSPS) is 12.5. The predicted molar refractivity (Wildman–Crippen MR) is 60.8 cm³/mol. The van der Waals surface area contributed by atoms with Crippen molar-refractivity contribution in [3.8, 4) is 0 Å². The van der Waals surface area contributed by atoms with E-state index in [1.54, 1.807) is 13.0 Å². The van der Waals surface area contributed by atoms with Crippen LogP contribution >= 0.6 is 15.9 Å². The maximum atomic E-state index is 13.3. The van der Waals surface area contributed by atoms with Gasteiger partial charge < -0.3 is 5.32 Å². The third-order valence-electron chi connectivity index (χ3n) is 2.05. The molecule has 0 heterocycles. The first kappa shape index (κ1) is 12.3. The molecule has 0 aliphatic rings. The van der Waals surface area contributed by atoms with Gasteiger partial charge >= 0.3 is 0 Å². The molecule has 0 spiro atoms. The summed E-state index contributed by atoms with van der Waals surface area (Å²) in [6.07, 6.45) is 0. The second-order valence-electron chi connectivity index (χ2n) is 3.26. The largest absolute Gasteiger partial charge is 0.306 e. The van der Waals surface area contributed by atoms with Crippen molar-refractivity contribution >= 4 is 15.9 Å². The minimum absolute atomic E-state index is 0.255. The average Bonchev–Trinajstić information content (AvgIpc) is 2.18. The van der Waals surface area contributed by atoms with Gasteiger partial charge in [0.15, 0.2) is 11.6 Å². The molecular weight excluding hydrogens is 264 g/mol. The van der Waals surface area contributed by atoms with Crippen molar-refractivity contribution in [2.75, 3.05) is 6.54 Å². The number of rotatable bonds is 4. The molecule has 4 heteroatoms. The number of hydrogen-bond donors (Lipinski definition) is 1. The molecular formula is C11H12BrF2N. The van der Waals surface area contributed by atoms with Crippen LogP contribution in [0.3, 0.4) is 0 Å². The van der Waals surface area contributed by atoms with Crippen LogP contribution in [-0.2, 0) is 0 Å². The van der Waals surface area contributed by atoms with Crippen molar-refractivity contribution in [3.63, 3.8) is 0 Å². The third-order valence-corrected chi connectivity index (χ3v) is 2.33. The molecule has 0 saturated carbocycles. The maximum Gasteiger partial charge on any atom is 0.163 e. The maximum absolute atomic E-state index is 13.3. The van der Waals surface area contributed by atoms with Gasteiger partial charge in [0, 0.05) is 22.6 Å². The molecule has 0 aliphatic carbocycles. The predicted octanol–water partition coefficient (Wildman–Crippen LogP) is 3.52. The summed E-state index contributed by atoms with van der Waals surface area (Å²) in [5.74, 6) is -1.61. The molecule has 1 unspecified atom stereocenters. The molecule has 0 fully saturated rings. The van der Waals surface area contributed by atoms with Gasteiger partial charge in [0.05, 0.1) is 0 Å². The van der Waals surface area contributed by atoms with Crippen LogP contribution in [0.4, 0.5) is 8.78 Å². The van der Waals surface area contributed by atoms with Gasteiger partial charge in [-0.3, -0.25) is 0 Å². The van der Waals surface area contributed by atoms with Crippen LogP contribution in [0.5, 0.6) is 0 Å². The van der Waals surface area contributed by atoms with Crippen LogP contribution < -0.4 is 5.32 Å². The van der Waals surface area contributed by atoms with Crippen LogP contribution in [0.2, 0.25) is 0 Å². The molecule has 1 atom stereocenters. The van der Waals surface area contributed by atoms with E-state index in [2.05, 4.69) is 27.8 Å². The number of benzene rings is 1. The van der Waals surface area contributed by atoms with Crippen molar-refractivity contribution in [1.82, 2.24) is 5.32 Å². The Morgan fingerprint density at radius 2 is 2.20 bits per heavy atom. The smallest absolute Gasteiger partial charge is 0.163 e. The van der Waals surface area contributed by atoms with Crippen molar-refractivity contribution in [1.29, 1.82) is 0 Å². The monoisotopic (exact) mass is 275 g/mol. The minimum atomic E-state index is -0.821. The van der Waals surface area contributed by atoms with E-state index in [1.165, 1.54) is 6.07 Å². The Morgan fingerprint density at radius 1 is 1.53 bits per heavy atom. The average molecular weight is 276 g/mol. The lowest BCUT2D eigenvalue weighted by Crippen LogP contribution is -2.21. The topological polar surface area (TPSA) is 12.0 Å². The fraction of sp³-hybridized carbons (Fsp3) is 0.273. The van der Waals surface area contributed by atoms with Crippen molar-refractivity contribution in [2.45, 2.75) is 13.0 Å². The third kappa shape index (κ3) is 3.39. The van der Waals surface area contributed by atoms with Gasteiger partial charge in [0.1, 0.15) is 0 Å². The molecule has 15 heavy (non-hydrogen) atoms. The van der Waals surface area contributed by atoms with E-state index in [1.807, 2.05) is 0 Å². The number of halogens is 3. The van der Waals surface area contributed by atoms with Gasteiger partial charge in [-0.1, -0.05) is 34.6 Å². The first-order valence-electron chi connectivity index (χ1n) is 4.53. The lowest BCUT2D eigenvalue weighted by atomic mass is 10.1. The van der Waals surface area contributed by atoms with E-state index in [0.29, 0.717) is 12.1 Å². The molecule has 1 aromatic carbocycles. The molecule has 1 rings (SSSR count). The first-order valence-corrected chi connectivity index (χ1v) is 5.32. The van der Waals surface area contributed by atoms with Crippen LogP contribution in [-0.4, -0.2) is 6.54 Å². The lowest BCUT2D eigenvalue weighted by molar-refractivity contribution is 0.479. The van der Waals surface area contributed by atoms with Crippen LogP contribution in [0.25, 0.3) is 0 Å². The Morgan fingerprint density at radius 3 is 2.80 bits per heavy atom. The van der Waals surface area contributed by atoms with Crippen LogP contribution in [0.15, 0.2) is 29.3 Å². The highest BCUT2D eigenvalue weighted by molar-refractivity contribution is 9.11. The summed E-state index contributed by atoms with van der Waals surface area (Å²) in [5, 5.41) is 3.01. The highest BCUT2D eigenvalue weighted by Gasteiger charge is 2.13. The van der Waals surface area contributed by atoms with Gasteiger partial charge in [-0.15, -0.1) is 0 Å². The van der Waals surface area contributed by atoms with E-state index in [9.17, 15) is 8.78 Å². The van der Waals surface area contributed by atoms with Gasteiger partial charge in [0.25, 0.3) is 0 Å². The van der Waals surface area contributed by atoms with E-state index in [0.717, 1.165) is 10.5 Å². The van der Waals surface area contributed by atoms with Crippen LogP contribution in [0, 0.1) is 11.6 Å². The summed E-state index contributed by atoms with van der Waals surface area (Å²) < 4.78 is 27.0. The van der Waals surface area contributed by atoms with Gasteiger partial charge in [-0.05, 0) is 13.0 Å². The van der Waals surface area contributed by atoms with Gasteiger partial charge in [0.2, 0.25) is 0 Å². The molecule has 0 saturated heterocycles. The summed E-state index contributed by atoms with van der Waals surface area (Å²) in [4.78, 5) is 0. The Bertz CT molecular complexity index is 366. The fourth-order valence-electron chi connectivity index (χ4n) is 1.23. The molecule has 0 bridgehead atoms. The molecule has 0 aromatic heterocycles. The summed E-state index contributed by atoms with van der Waals surface area (Å²) >= 11 is 3.18. The van der Waals surface area contributed by atoms with E-state index in [-0.39, 0.29) is 6.04 Å². The fourth-order valence-corrected chi connectivity index (χ4v) is 1.39. The zero-order chi connectivity index (χ0) is 11.4. The summed E-state index contributed by atoms with van der Waals surface area (Å²) in [6.45, 7) is 5.93. The van der Waals surface area contributed by atoms with Crippen LogP contribution in [0.1, 0.15) is 18.5 Å². The SMILES string of the molecule is C=C(Br)CNC(C)c1cccc(F)c1F. The highest BCUT2D eigenvalue weighted by atomic mass is 79.9. The molecule has 0 amide bonds. The zero-order valence-corrected chi connectivity index (χ0v) is 9.94. The summed E-state index contributed by atoms with van der Waals surface area (Å²) in [6, 6.07) is 3.91. The minimum Gasteiger partial charge on any atom is -0.306 e. The molecule has 82 valence electrons. The first-order chi connectivity index (χ1) is 7.02. The number of nitrogens with one attached hydrogen (secondary N) is 1. The number of hydrogen-bond acceptors (Lipinski definition) is 1. The Balaban J connectivity index is 2.77. The summed E-state index contributed by atoms with van der Waals surface area (Å²) in [5.41, 5.74) is 0.323. The summed E-state index contributed by atoms with van der Waals surface area (Å²) in [7, 11) is 0. The Kier molecular flexibility index (Phi) is 4.42. The molecule has 1 N–H and O–H groups in total. The Labute approximate surface area is 96.3 Å². The van der Waals surface area contributed by atoms with Crippen molar-refractivity contribution in [2.24, 2.45) is 0 Å². The molecule has 1 nitrogen and oxygen atoms in total. The van der Waals surface area contributed by atoms with E-state index >= 15 is 0 Å². The quantitative estimate of drug-likeness (QED) is 0.887. The zero-order valence-electron chi connectivity index (χ0n) is 8.36. The highest BCUT2D eigenvalue weighted by Crippen LogP contribution is 2.19. The standard InChI is InChI=1S/C11H12BrF2N/c1-7(12)6-15-8(2)9-4-3-5-10(13)11(9)14/h3-5,8,15H,1,6H2,2H3. The second kappa shape index (κ2) is 5.37.